The Morgan fingerprint density at radius 1 is 0.920 bits per heavy atom. The maximum absolute atomic E-state index is 11.3. The molecule has 0 aromatic carbocycles. The van der Waals surface area contributed by atoms with E-state index >= 15 is 0 Å². The summed E-state index contributed by atoms with van der Waals surface area (Å²) in [4.78, 5) is 0. The van der Waals surface area contributed by atoms with Crippen LogP contribution >= 0.6 is 0 Å². The first-order chi connectivity index (χ1) is 11.6. The van der Waals surface area contributed by atoms with E-state index in [0.717, 1.165) is 38.5 Å². The summed E-state index contributed by atoms with van der Waals surface area (Å²) in [6.07, 6.45) is 5.71. The smallest absolute Gasteiger partial charge is 0.0958 e. The van der Waals surface area contributed by atoms with Crippen molar-refractivity contribution >= 4 is 0 Å². The molecule has 4 rings (SSSR count). The molecule has 10 unspecified atom stereocenters. The number of aliphatic hydroxyl groups excluding tert-OH is 3. The molecule has 0 spiro atoms. The number of hydrogen-bond acceptors (Lipinski definition) is 4. The summed E-state index contributed by atoms with van der Waals surface area (Å²) in [7, 11) is 0. The van der Waals surface area contributed by atoms with Crippen molar-refractivity contribution in [3.05, 3.63) is 0 Å². The van der Waals surface area contributed by atoms with Crippen LogP contribution in [0.25, 0.3) is 0 Å². The fourth-order valence-electron chi connectivity index (χ4n) is 8.03. The van der Waals surface area contributed by atoms with Gasteiger partial charge in [-0.1, -0.05) is 13.8 Å². The Hall–Kier alpha value is -0.160. The first-order valence-electron chi connectivity index (χ1n) is 10.4. The van der Waals surface area contributed by atoms with E-state index < -0.39 is 17.8 Å². The lowest BCUT2D eigenvalue weighted by molar-refractivity contribution is -0.207. The van der Waals surface area contributed by atoms with Crippen LogP contribution in [0.4, 0.5) is 0 Å². The Labute approximate surface area is 151 Å². The van der Waals surface area contributed by atoms with Crippen molar-refractivity contribution in [1.82, 2.24) is 0 Å². The standard InChI is InChI=1S/C21H36O4/c1-12(22)21(25)9-7-16-15-5-4-13-10-14(23)11-18(24)20(13,3)17(15)6-8-19(16,21)2/h12-18,22-25H,4-11H2,1-3H3. The molecule has 4 aliphatic carbocycles. The summed E-state index contributed by atoms with van der Waals surface area (Å²) in [5.41, 5.74) is -1.29. The van der Waals surface area contributed by atoms with E-state index in [-0.39, 0.29) is 16.9 Å². The summed E-state index contributed by atoms with van der Waals surface area (Å²) in [6.45, 7) is 6.21. The predicted octanol–water partition coefficient (Wildman–Crippen LogP) is 2.47. The highest BCUT2D eigenvalue weighted by Crippen LogP contribution is 2.68. The number of aliphatic hydroxyl groups is 4. The van der Waals surface area contributed by atoms with Gasteiger partial charge in [0.1, 0.15) is 0 Å². The summed E-state index contributed by atoms with van der Waals surface area (Å²) in [5, 5.41) is 42.6. The molecule has 10 atom stereocenters. The Morgan fingerprint density at radius 3 is 2.28 bits per heavy atom. The van der Waals surface area contributed by atoms with E-state index in [9.17, 15) is 20.4 Å². The van der Waals surface area contributed by atoms with Gasteiger partial charge in [0.2, 0.25) is 0 Å². The van der Waals surface area contributed by atoms with E-state index in [1.165, 1.54) is 0 Å². The Kier molecular flexibility index (Phi) is 4.13. The zero-order valence-corrected chi connectivity index (χ0v) is 16.0. The van der Waals surface area contributed by atoms with Crippen LogP contribution in [0.1, 0.15) is 72.1 Å². The van der Waals surface area contributed by atoms with E-state index in [1.807, 2.05) is 0 Å². The monoisotopic (exact) mass is 352 g/mol. The van der Waals surface area contributed by atoms with Crippen LogP contribution in [-0.4, -0.2) is 44.3 Å². The van der Waals surface area contributed by atoms with Crippen molar-refractivity contribution in [2.75, 3.05) is 0 Å². The van der Waals surface area contributed by atoms with Gasteiger partial charge in [-0.2, -0.15) is 0 Å². The zero-order valence-electron chi connectivity index (χ0n) is 16.0. The summed E-state index contributed by atoms with van der Waals surface area (Å²) in [6, 6.07) is 0. The number of hydrogen-bond donors (Lipinski definition) is 4. The summed E-state index contributed by atoms with van der Waals surface area (Å²) < 4.78 is 0. The quantitative estimate of drug-likeness (QED) is 0.584. The SMILES string of the molecule is CC(O)C1(O)CCC2C3CCC4CC(O)CC(O)C4(C)C3CCC21C. The lowest BCUT2D eigenvalue weighted by Crippen LogP contribution is -2.62. The van der Waals surface area contributed by atoms with E-state index in [2.05, 4.69) is 13.8 Å². The molecule has 0 saturated heterocycles. The predicted molar refractivity (Wildman–Crippen MR) is 95.8 cm³/mol. The molecule has 4 N–H and O–H groups in total. The Morgan fingerprint density at radius 2 is 1.60 bits per heavy atom. The van der Waals surface area contributed by atoms with Gasteiger partial charge >= 0.3 is 0 Å². The molecule has 0 bridgehead atoms. The number of fused-ring (bicyclic) bond motifs is 5. The molecule has 4 nitrogen and oxygen atoms in total. The molecule has 0 aromatic heterocycles. The molecule has 4 fully saturated rings. The van der Waals surface area contributed by atoms with Crippen molar-refractivity contribution in [1.29, 1.82) is 0 Å². The molecule has 0 amide bonds. The van der Waals surface area contributed by atoms with Crippen molar-refractivity contribution in [3.63, 3.8) is 0 Å². The minimum absolute atomic E-state index is 0.102. The van der Waals surface area contributed by atoms with Crippen LogP contribution in [0.2, 0.25) is 0 Å². The van der Waals surface area contributed by atoms with Crippen molar-refractivity contribution < 1.29 is 20.4 Å². The van der Waals surface area contributed by atoms with Crippen LogP contribution in [0, 0.1) is 34.5 Å². The molecular formula is C21H36O4. The maximum Gasteiger partial charge on any atom is 0.0958 e. The molecular weight excluding hydrogens is 316 g/mol. The topological polar surface area (TPSA) is 80.9 Å². The third-order valence-corrected chi connectivity index (χ3v) is 9.64. The second-order valence-electron chi connectivity index (χ2n) is 10.3. The molecule has 0 heterocycles. The average molecular weight is 353 g/mol. The van der Waals surface area contributed by atoms with Gasteiger partial charge in [-0.15, -0.1) is 0 Å². The minimum atomic E-state index is -0.970. The van der Waals surface area contributed by atoms with Crippen molar-refractivity contribution in [3.8, 4) is 0 Å². The Balaban J connectivity index is 1.66. The van der Waals surface area contributed by atoms with Gasteiger partial charge in [-0.3, -0.25) is 0 Å². The van der Waals surface area contributed by atoms with Crippen LogP contribution < -0.4 is 0 Å². The van der Waals surface area contributed by atoms with Gasteiger partial charge in [-0.25, -0.2) is 0 Å². The molecule has 4 saturated carbocycles. The van der Waals surface area contributed by atoms with Gasteiger partial charge < -0.3 is 20.4 Å². The van der Waals surface area contributed by atoms with Crippen LogP contribution in [0.15, 0.2) is 0 Å². The van der Waals surface area contributed by atoms with Gasteiger partial charge in [0, 0.05) is 5.41 Å². The largest absolute Gasteiger partial charge is 0.393 e. The molecule has 4 heteroatoms. The molecule has 0 aromatic rings. The van der Waals surface area contributed by atoms with Crippen LogP contribution in [0.5, 0.6) is 0 Å². The first-order valence-corrected chi connectivity index (χ1v) is 10.4. The summed E-state index contributed by atoms with van der Waals surface area (Å²) >= 11 is 0. The van der Waals surface area contributed by atoms with Crippen molar-refractivity contribution in [2.45, 2.75) is 96.1 Å². The third-order valence-electron chi connectivity index (χ3n) is 9.64. The molecule has 0 aliphatic heterocycles. The highest BCUT2D eigenvalue weighted by Gasteiger charge is 2.66. The maximum atomic E-state index is 11.3. The molecule has 0 radical (unpaired) electrons. The lowest BCUT2D eigenvalue weighted by atomic mass is 9.43. The average Bonchev–Trinajstić information content (AvgIpc) is 2.82. The Bertz CT molecular complexity index is 536. The first kappa shape index (κ1) is 18.2. The minimum Gasteiger partial charge on any atom is -0.393 e. The third kappa shape index (κ3) is 2.20. The molecule has 25 heavy (non-hydrogen) atoms. The van der Waals surface area contributed by atoms with Crippen LogP contribution in [0.3, 0.4) is 0 Å². The lowest BCUT2D eigenvalue weighted by Gasteiger charge is -2.63. The van der Waals surface area contributed by atoms with E-state index in [1.54, 1.807) is 6.92 Å². The van der Waals surface area contributed by atoms with E-state index in [4.69, 9.17) is 0 Å². The zero-order chi connectivity index (χ0) is 18.2. The molecule has 4 aliphatic rings. The van der Waals surface area contributed by atoms with E-state index in [0.29, 0.717) is 36.5 Å². The van der Waals surface area contributed by atoms with Crippen molar-refractivity contribution in [2.24, 2.45) is 34.5 Å². The van der Waals surface area contributed by atoms with Crippen LogP contribution in [-0.2, 0) is 0 Å². The van der Waals surface area contributed by atoms with Gasteiger partial charge in [0.25, 0.3) is 0 Å². The second kappa shape index (κ2) is 5.67. The van der Waals surface area contributed by atoms with Gasteiger partial charge in [0.05, 0.1) is 23.9 Å². The fraction of sp³-hybridized carbons (Fsp3) is 1.00. The fourth-order valence-corrected chi connectivity index (χ4v) is 8.03. The van der Waals surface area contributed by atoms with Gasteiger partial charge in [0.15, 0.2) is 0 Å². The highest BCUT2D eigenvalue weighted by atomic mass is 16.3. The van der Waals surface area contributed by atoms with Gasteiger partial charge in [-0.05, 0) is 87.4 Å². The molecule has 144 valence electrons. The highest BCUT2D eigenvalue weighted by molar-refractivity contribution is 5.16. The normalized spacial score (nSPS) is 59.6. The number of rotatable bonds is 1. The second-order valence-corrected chi connectivity index (χ2v) is 10.3. The summed E-state index contributed by atoms with van der Waals surface area (Å²) in [5.74, 6) is 1.84.